The molecule has 2 aliphatic rings. The van der Waals surface area contributed by atoms with Crippen LogP contribution in [0.1, 0.15) is 30.0 Å². The first-order valence-electron chi connectivity index (χ1n) is 11.0. The van der Waals surface area contributed by atoms with E-state index in [2.05, 4.69) is 76.7 Å². The zero-order valence-electron chi connectivity index (χ0n) is 17.5. The van der Waals surface area contributed by atoms with Crippen molar-refractivity contribution in [2.45, 2.75) is 32.6 Å². The molecule has 0 saturated carbocycles. The number of hydrogen-bond acceptors (Lipinski definition) is 4. The van der Waals surface area contributed by atoms with Gasteiger partial charge in [0.25, 0.3) is 0 Å². The average Bonchev–Trinajstić information content (AvgIpc) is 3.44. The van der Waals surface area contributed by atoms with Crippen molar-refractivity contribution in [3.05, 3.63) is 71.3 Å². The van der Waals surface area contributed by atoms with E-state index in [9.17, 15) is 0 Å². The lowest BCUT2D eigenvalue weighted by atomic mass is 9.97. The van der Waals surface area contributed by atoms with Gasteiger partial charge in [-0.05, 0) is 36.0 Å². The minimum absolute atomic E-state index is 0.459. The van der Waals surface area contributed by atoms with E-state index in [0.29, 0.717) is 5.92 Å². The fourth-order valence-corrected chi connectivity index (χ4v) is 4.28. The molecule has 2 aliphatic heterocycles. The Morgan fingerprint density at radius 3 is 2.55 bits per heavy atom. The molecule has 29 heavy (non-hydrogen) atoms. The quantitative estimate of drug-likeness (QED) is 0.711. The Labute approximate surface area is 174 Å². The van der Waals surface area contributed by atoms with Crippen LogP contribution in [0.4, 0.5) is 0 Å². The fourth-order valence-electron chi connectivity index (χ4n) is 4.28. The van der Waals surface area contributed by atoms with Crippen LogP contribution in [-0.2, 0) is 19.3 Å². The highest BCUT2D eigenvalue weighted by atomic mass is 15.2. The molecular formula is C25H32N4. The predicted molar refractivity (Wildman–Crippen MR) is 122 cm³/mol. The Balaban J connectivity index is 1.29. The monoisotopic (exact) mass is 388 g/mol. The summed E-state index contributed by atoms with van der Waals surface area (Å²) >= 11 is 0. The minimum Gasteiger partial charge on any atom is -0.372 e. The van der Waals surface area contributed by atoms with E-state index in [1.165, 1.54) is 28.4 Å². The predicted octanol–water partition coefficient (Wildman–Crippen LogP) is 3.76. The number of amidine groups is 2. The van der Waals surface area contributed by atoms with E-state index >= 15 is 0 Å². The van der Waals surface area contributed by atoms with Gasteiger partial charge in [0.15, 0.2) is 0 Å². The molecular weight excluding hydrogens is 356 g/mol. The van der Waals surface area contributed by atoms with Crippen LogP contribution in [0.3, 0.4) is 0 Å². The smallest absolute Gasteiger partial charge is 0.0996 e. The molecule has 0 bridgehead atoms. The number of benzene rings is 2. The lowest BCUT2D eigenvalue weighted by Gasteiger charge is -2.20. The summed E-state index contributed by atoms with van der Waals surface area (Å²) in [6.45, 7) is 7.24. The molecule has 2 aromatic carbocycles. The molecule has 0 fully saturated rings. The second-order valence-corrected chi connectivity index (χ2v) is 8.14. The average molecular weight is 389 g/mol. The largest absolute Gasteiger partial charge is 0.372 e. The number of nitrogens with one attached hydrogen (secondary N) is 1. The van der Waals surface area contributed by atoms with E-state index in [1.807, 2.05) is 0 Å². The van der Waals surface area contributed by atoms with Crippen LogP contribution in [0.25, 0.3) is 0 Å². The van der Waals surface area contributed by atoms with Gasteiger partial charge < -0.3 is 10.2 Å². The first kappa shape index (κ1) is 19.7. The standard InChI is InChI=1S/C25H32N4/c1-20(25-27-13-14-28-25)18-23-9-5-8-22(19-23)10-11-24-26-15-17-29(24)16-12-21-6-3-2-4-7-21/h2-9,19-20H,10-18H2,1H3,(H,27,28)/t20-/m0/s1. The Morgan fingerprint density at radius 1 is 0.897 bits per heavy atom. The summed E-state index contributed by atoms with van der Waals surface area (Å²) in [4.78, 5) is 11.8. The summed E-state index contributed by atoms with van der Waals surface area (Å²) in [6.07, 6.45) is 4.22. The maximum Gasteiger partial charge on any atom is 0.0996 e. The summed E-state index contributed by atoms with van der Waals surface area (Å²) in [5.74, 6) is 2.91. The number of nitrogens with zero attached hydrogens (tertiary/aromatic N) is 3. The van der Waals surface area contributed by atoms with Crippen LogP contribution in [0.15, 0.2) is 64.6 Å². The molecule has 152 valence electrons. The van der Waals surface area contributed by atoms with Gasteiger partial charge in [-0.15, -0.1) is 0 Å². The molecule has 0 spiro atoms. The third-order valence-electron chi connectivity index (χ3n) is 5.88. The van der Waals surface area contributed by atoms with Crippen LogP contribution >= 0.6 is 0 Å². The van der Waals surface area contributed by atoms with E-state index in [4.69, 9.17) is 4.99 Å². The molecule has 0 aromatic heterocycles. The van der Waals surface area contributed by atoms with Crippen molar-refractivity contribution in [2.24, 2.45) is 15.9 Å². The van der Waals surface area contributed by atoms with Crippen molar-refractivity contribution in [3.8, 4) is 0 Å². The zero-order valence-corrected chi connectivity index (χ0v) is 17.5. The second kappa shape index (κ2) is 9.73. The number of hydrogen-bond donors (Lipinski definition) is 1. The highest BCUT2D eigenvalue weighted by molar-refractivity contribution is 5.86. The lowest BCUT2D eigenvalue weighted by Crippen LogP contribution is -2.30. The number of aryl methyl sites for hydroxylation is 1. The SMILES string of the molecule is C[C@@H](Cc1cccc(CCC2=NCCN2CCc2ccccc2)c1)C1=NCCN1. The van der Waals surface area contributed by atoms with Crippen molar-refractivity contribution < 1.29 is 0 Å². The highest BCUT2D eigenvalue weighted by Crippen LogP contribution is 2.16. The van der Waals surface area contributed by atoms with Crippen LogP contribution in [0.5, 0.6) is 0 Å². The van der Waals surface area contributed by atoms with Gasteiger partial charge >= 0.3 is 0 Å². The minimum atomic E-state index is 0.459. The zero-order chi connectivity index (χ0) is 19.9. The van der Waals surface area contributed by atoms with Crippen molar-refractivity contribution >= 4 is 11.7 Å². The van der Waals surface area contributed by atoms with Crippen molar-refractivity contribution in [1.29, 1.82) is 0 Å². The summed E-state index contributed by atoms with van der Waals surface area (Å²) in [5.41, 5.74) is 4.22. The van der Waals surface area contributed by atoms with Gasteiger partial charge in [0.1, 0.15) is 0 Å². The highest BCUT2D eigenvalue weighted by Gasteiger charge is 2.17. The third-order valence-corrected chi connectivity index (χ3v) is 5.88. The molecule has 0 aliphatic carbocycles. The first-order valence-corrected chi connectivity index (χ1v) is 11.0. The maximum atomic E-state index is 4.79. The summed E-state index contributed by atoms with van der Waals surface area (Å²) in [5, 5.41) is 3.41. The van der Waals surface area contributed by atoms with Gasteiger partial charge in [-0.1, -0.05) is 61.5 Å². The van der Waals surface area contributed by atoms with Crippen molar-refractivity contribution in [1.82, 2.24) is 10.2 Å². The molecule has 2 heterocycles. The Hall–Kier alpha value is -2.62. The molecule has 1 N–H and O–H groups in total. The van der Waals surface area contributed by atoms with Crippen molar-refractivity contribution in [2.75, 3.05) is 32.7 Å². The first-order chi connectivity index (χ1) is 14.3. The Kier molecular flexibility index (Phi) is 6.60. The Bertz CT molecular complexity index is 856. The van der Waals surface area contributed by atoms with Crippen LogP contribution in [0.2, 0.25) is 0 Å². The number of aliphatic imine (C=N–C) groups is 2. The van der Waals surface area contributed by atoms with Gasteiger partial charge in [0.05, 0.1) is 24.8 Å². The fraction of sp³-hybridized carbons (Fsp3) is 0.440. The van der Waals surface area contributed by atoms with Crippen molar-refractivity contribution in [3.63, 3.8) is 0 Å². The van der Waals surface area contributed by atoms with Crippen LogP contribution < -0.4 is 5.32 Å². The molecule has 2 aromatic rings. The van der Waals surface area contributed by atoms with Gasteiger partial charge in [-0.3, -0.25) is 9.98 Å². The molecule has 4 rings (SSSR count). The van der Waals surface area contributed by atoms with E-state index < -0.39 is 0 Å². The molecule has 0 amide bonds. The van der Waals surface area contributed by atoms with Gasteiger partial charge in [0, 0.05) is 32.0 Å². The van der Waals surface area contributed by atoms with Gasteiger partial charge in [-0.2, -0.15) is 0 Å². The Morgan fingerprint density at radius 2 is 1.72 bits per heavy atom. The molecule has 4 heteroatoms. The topological polar surface area (TPSA) is 40.0 Å². The van der Waals surface area contributed by atoms with Gasteiger partial charge in [0.2, 0.25) is 0 Å². The van der Waals surface area contributed by atoms with E-state index in [-0.39, 0.29) is 0 Å². The molecule has 4 nitrogen and oxygen atoms in total. The lowest BCUT2D eigenvalue weighted by molar-refractivity contribution is 0.453. The van der Waals surface area contributed by atoms with Crippen LogP contribution in [0, 0.1) is 5.92 Å². The van der Waals surface area contributed by atoms with E-state index in [1.54, 1.807) is 0 Å². The normalized spacial score (nSPS) is 17.1. The van der Waals surface area contributed by atoms with Crippen LogP contribution in [-0.4, -0.2) is 49.3 Å². The maximum absolute atomic E-state index is 4.79. The summed E-state index contributed by atoms with van der Waals surface area (Å²) < 4.78 is 0. The van der Waals surface area contributed by atoms with Gasteiger partial charge in [-0.25, -0.2) is 0 Å². The molecule has 0 saturated heterocycles. The molecule has 1 atom stereocenters. The molecule has 0 radical (unpaired) electrons. The summed E-state index contributed by atoms with van der Waals surface area (Å²) in [7, 11) is 0. The summed E-state index contributed by atoms with van der Waals surface area (Å²) in [6, 6.07) is 19.8. The van der Waals surface area contributed by atoms with E-state index in [0.717, 1.165) is 58.4 Å². The number of rotatable bonds is 9. The third kappa shape index (κ3) is 5.47. The molecule has 0 unspecified atom stereocenters. The second-order valence-electron chi connectivity index (χ2n) is 8.14.